The fourth-order valence-electron chi connectivity index (χ4n) is 2.92. The molecule has 0 saturated heterocycles. The minimum Gasteiger partial charge on any atom is -0.346 e. The lowest BCUT2D eigenvalue weighted by molar-refractivity contribution is -0.162. The molecule has 6 heteroatoms. The molecular formula is C13H11F4NO. The average Bonchev–Trinajstić information content (AvgIpc) is 2.24. The van der Waals surface area contributed by atoms with Crippen LogP contribution >= 0.6 is 0 Å². The predicted octanol–water partition coefficient (Wildman–Crippen LogP) is 3.08. The van der Waals surface area contributed by atoms with Crippen molar-refractivity contribution in [1.29, 1.82) is 0 Å². The van der Waals surface area contributed by atoms with E-state index in [0.29, 0.717) is 19.3 Å². The lowest BCUT2D eigenvalue weighted by atomic mass is 9.47. The fraction of sp³-hybridized carbons (Fsp3) is 0.462. The van der Waals surface area contributed by atoms with Crippen LogP contribution in [0.5, 0.6) is 0 Å². The molecular weight excluding hydrogens is 262 g/mol. The molecule has 0 heterocycles. The molecule has 3 fully saturated rings. The van der Waals surface area contributed by atoms with Gasteiger partial charge in [0, 0.05) is 30.4 Å². The van der Waals surface area contributed by atoms with Crippen LogP contribution in [0.25, 0.3) is 0 Å². The number of halogens is 4. The molecule has 2 bridgehead atoms. The number of carbonyl (C=O) groups is 1. The molecule has 0 atom stereocenters. The molecule has 1 aromatic carbocycles. The molecule has 0 unspecified atom stereocenters. The monoisotopic (exact) mass is 273 g/mol. The summed E-state index contributed by atoms with van der Waals surface area (Å²) in [6.07, 6.45) is -3.48. The minimum absolute atomic E-state index is 0.158. The number of nitrogens with one attached hydrogen (secondary N) is 1. The van der Waals surface area contributed by atoms with Crippen molar-refractivity contribution >= 4 is 5.91 Å². The summed E-state index contributed by atoms with van der Waals surface area (Å²) in [6.45, 7) is 0. The second kappa shape index (κ2) is 3.49. The summed E-state index contributed by atoms with van der Waals surface area (Å²) in [7, 11) is 0. The summed E-state index contributed by atoms with van der Waals surface area (Å²) >= 11 is 0. The second-order valence-electron chi connectivity index (χ2n) is 5.49. The van der Waals surface area contributed by atoms with Crippen LogP contribution in [-0.4, -0.2) is 17.1 Å². The zero-order valence-electron chi connectivity index (χ0n) is 9.85. The maximum atomic E-state index is 13.3. The van der Waals surface area contributed by atoms with E-state index in [2.05, 4.69) is 5.32 Å². The van der Waals surface area contributed by atoms with Crippen LogP contribution in [0.1, 0.15) is 35.2 Å². The van der Waals surface area contributed by atoms with E-state index in [1.54, 1.807) is 0 Å². The third-order valence-corrected chi connectivity index (χ3v) is 3.82. The highest BCUT2D eigenvalue weighted by atomic mass is 19.4. The first-order valence-electron chi connectivity index (χ1n) is 5.90. The van der Waals surface area contributed by atoms with Crippen molar-refractivity contribution in [3.63, 3.8) is 0 Å². The number of rotatable bonds is 2. The number of hydrogen-bond donors (Lipinski definition) is 1. The molecule has 19 heavy (non-hydrogen) atoms. The summed E-state index contributed by atoms with van der Waals surface area (Å²) in [5.74, 6) is -0.449. The first kappa shape index (κ1) is 12.4. The van der Waals surface area contributed by atoms with Crippen molar-refractivity contribution in [1.82, 2.24) is 5.32 Å². The van der Waals surface area contributed by atoms with E-state index in [4.69, 9.17) is 0 Å². The first-order chi connectivity index (χ1) is 8.72. The lowest BCUT2D eigenvalue weighted by Gasteiger charge is -2.65. The maximum absolute atomic E-state index is 13.3. The van der Waals surface area contributed by atoms with Crippen molar-refractivity contribution in [3.8, 4) is 0 Å². The molecule has 0 aromatic heterocycles. The predicted molar refractivity (Wildman–Crippen MR) is 59.3 cm³/mol. The Bertz CT molecular complexity index is 515. The van der Waals surface area contributed by atoms with Gasteiger partial charge < -0.3 is 5.32 Å². The molecule has 3 aliphatic carbocycles. The van der Waals surface area contributed by atoms with Gasteiger partial charge >= 0.3 is 6.18 Å². The quantitative estimate of drug-likeness (QED) is 0.824. The highest BCUT2D eigenvalue weighted by Crippen LogP contribution is 2.62. The smallest absolute Gasteiger partial charge is 0.346 e. The van der Waals surface area contributed by atoms with Crippen molar-refractivity contribution in [3.05, 3.63) is 35.4 Å². The summed E-state index contributed by atoms with van der Waals surface area (Å²) in [5, 5.41) is 2.70. The minimum atomic E-state index is -4.41. The molecule has 2 nitrogen and oxygen atoms in total. The van der Waals surface area contributed by atoms with Crippen molar-refractivity contribution in [2.75, 3.05) is 0 Å². The SMILES string of the molecule is O=C(NC12CC(F)(C1)C2)c1ccc(C(F)(F)F)cc1. The highest BCUT2D eigenvalue weighted by molar-refractivity contribution is 5.95. The molecule has 1 amide bonds. The third kappa shape index (κ3) is 1.99. The van der Waals surface area contributed by atoms with Gasteiger partial charge in [0.2, 0.25) is 0 Å². The average molecular weight is 273 g/mol. The Balaban J connectivity index is 1.68. The van der Waals surface area contributed by atoms with Crippen LogP contribution in [0.15, 0.2) is 24.3 Å². The van der Waals surface area contributed by atoms with Gasteiger partial charge in [0.05, 0.1) is 5.56 Å². The highest BCUT2D eigenvalue weighted by Gasteiger charge is 2.69. The van der Waals surface area contributed by atoms with Crippen molar-refractivity contribution < 1.29 is 22.4 Å². The molecule has 1 N–H and O–H groups in total. The molecule has 4 rings (SSSR count). The zero-order valence-corrected chi connectivity index (χ0v) is 9.85. The molecule has 102 valence electrons. The summed E-state index contributed by atoms with van der Waals surface area (Å²) in [5.41, 5.74) is -2.22. The van der Waals surface area contributed by atoms with Gasteiger partial charge in [-0.1, -0.05) is 0 Å². The Morgan fingerprint density at radius 1 is 1.11 bits per heavy atom. The molecule has 1 aromatic rings. The topological polar surface area (TPSA) is 29.1 Å². The Kier molecular flexibility index (Phi) is 2.29. The molecule has 0 aliphatic heterocycles. The van der Waals surface area contributed by atoms with Crippen LogP contribution in [0.2, 0.25) is 0 Å². The van der Waals surface area contributed by atoms with Crippen LogP contribution in [0, 0.1) is 0 Å². The standard InChI is InChI=1S/C13H11F4NO/c14-11-5-12(6-11,7-11)18-10(19)8-1-3-9(4-2-8)13(15,16)17/h1-4H,5-7H2,(H,18,19). The molecule has 0 radical (unpaired) electrons. The van der Waals surface area contributed by atoms with E-state index in [9.17, 15) is 22.4 Å². The van der Waals surface area contributed by atoms with E-state index in [-0.39, 0.29) is 5.56 Å². The first-order valence-corrected chi connectivity index (χ1v) is 5.90. The number of amides is 1. The van der Waals surface area contributed by atoms with E-state index < -0.39 is 28.9 Å². The van der Waals surface area contributed by atoms with Crippen LogP contribution < -0.4 is 5.32 Å². The van der Waals surface area contributed by atoms with Crippen LogP contribution in [-0.2, 0) is 6.18 Å². The van der Waals surface area contributed by atoms with Crippen molar-refractivity contribution in [2.24, 2.45) is 0 Å². The molecule has 0 spiro atoms. The van der Waals surface area contributed by atoms with Gasteiger partial charge in [-0.2, -0.15) is 13.2 Å². The Hall–Kier alpha value is -1.59. The normalized spacial score (nSPS) is 32.2. The van der Waals surface area contributed by atoms with Gasteiger partial charge in [-0.05, 0) is 24.3 Å². The number of benzene rings is 1. The van der Waals surface area contributed by atoms with Gasteiger partial charge in [0.15, 0.2) is 0 Å². The molecule has 3 aliphatic rings. The summed E-state index contributed by atoms with van der Waals surface area (Å²) in [6, 6.07) is 4.00. The van der Waals surface area contributed by atoms with Gasteiger partial charge in [0.25, 0.3) is 5.91 Å². The van der Waals surface area contributed by atoms with E-state index >= 15 is 0 Å². The number of hydrogen-bond acceptors (Lipinski definition) is 1. The number of alkyl halides is 4. The van der Waals surface area contributed by atoms with Crippen molar-refractivity contribution in [2.45, 2.75) is 36.6 Å². The van der Waals surface area contributed by atoms with Crippen LogP contribution in [0.4, 0.5) is 17.6 Å². The van der Waals surface area contributed by atoms with E-state index in [1.807, 2.05) is 0 Å². The maximum Gasteiger partial charge on any atom is 0.416 e. The van der Waals surface area contributed by atoms with Gasteiger partial charge in [0.1, 0.15) is 5.67 Å². The summed E-state index contributed by atoms with van der Waals surface area (Å²) < 4.78 is 50.4. The largest absolute Gasteiger partial charge is 0.416 e. The van der Waals surface area contributed by atoms with Gasteiger partial charge in [-0.3, -0.25) is 4.79 Å². The summed E-state index contributed by atoms with van der Waals surface area (Å²) in [4.78, 5) is 11.8. The Morgan fingerprint density at radius 3 is 2.05 bits per heavy atom. The zero-order chi connectivity index (χ0) is 13.9. The molecule has 3 saturated carbocycles. The fourth-order valence-corrected chi connectivity index (χ4v) is 2.92. The van der Waals surface area contributed by atoms with Gasteiger partial charge in [-0.25, -0.2) is 4.39 Å². The van der Waals surface area contributed by atoms with Gasteiger partial charge in [-0.15, -0.1) is 0 Å². The second-order valence-corrected chi connectivity index (χ2v) is 5.49. The number of carbonyl (C=O) groups excluding carboxylic acids is 1. The van der Waals surface area contributed by atoms with E-state index in [1.165, 1.54) is 0 Å². The lowest BCUT2D eigenvalue weighted by Crippen LogP contribution is -2.76. The Morgan fingerprint density at radius 2 is 1.63 bits per heavy atom. The third-order valence-electron chi connectivity index (χ3n) is 3.82. The van der Waals surface area contributed by atoms with Crippen LogP contribution in [0.3, 0.4) is 0 Å². The van der Waals surface area contributed by atoms with E-state index in [0.717, 1.165) is 24.3 Å². The Labute approximate surface area is 106 Å².